The molecule has 0 aromatic rings. The van der Waals surface area contributed by atoms with Gasteiger partial charge in [0.25, 0.3) is 0 Å². The Balaban J connectivity index is 2.62. The van der Waals surface area contributed by atoms with Crippen LogP contribution in [0.25, 0.3) is 0 Å². The summed E-state index contributed by atoms with van der Waals surface area (Å²) in [6, 6.07) is 0. The fourth-order valence-electron chi connectivity index (χ4n) is 1.84. The van der Waals surface area contributed by atoms with Crippen molar-refractivity contribution in [1.29, 1.82) is 0 Å². The van der Waals surface area contributed by atoms with Crippen LogP contribution in [0.5, 0.6) is 0 Å². The molecule has 0 heterocycles. The predicted octanol–water partition coefficient (Wildman–Crippen LogP) is 1.16. The Labute approximate surface area is 68.2 Å². The van der Waals surface area contributed by atoms with Crippen LogP contribution in [-0.4, -0.2) is 22.4 Å². The molecule has 2 N–H and O–H groups in total. The molecule has 2 nitrogen and oxygen atoms in total. The standard InChI is InChI=1S/C9H18O2/c1-6-7(10)4-9(2,3)5-8(6)11/h6-8,10-11H,4-5H2,1-3H3/t7-,8-/m0/s1. The topological polar surface area (TPSA) is 40.5 Å². The van der Waals surface area contributed by atoms with Gasteiger partial charge in [-0.05, 0) is 18.3 Å². The molecular formula is C9H18O2. The third-order valence-electron chi connectivity index (χ3n) is 2.74. The monoisotopic (exact) mass is 158 g/mol. The Bertz CT molecular complexity index is 128. The molecule has 0 spiro atoms. The van der Waals surface area contributed by atoms with Crippen molar-refractivity contribution in [3.63, 3.8) is 0 Å². The molecule has 0 radical (unpaired) electrons. The molecule has 0 bridgehead atoms. The molecule has 0 amide bonds. The number of hydrogen-bond acceptors (Lipinski definition) is 2. The fraction of sp³-hybridized carbons (Fsp3) is 1.00. The van der Waals surface area contributed by atoms with Gasteiger partial charge in [-0.15, -0.1) is 0 Å². The lowest BCUT2D eigenvalue weighted by Gasteiger charge is -2.40. The number of hydrogen-bond donors (Lipinski definition) is 2. The first kappa shape index (κ1) is 9.01. The van der Waals surface area contributed by atoms with Crippen LogP contribution in [-0.2, 0) is 0 Å². The normalized spacial score (nSPS) is 43.9. The van der Waals surface area contributed by atoms with E-state index in [1.165, 1.54) is 0 Å². The minimum Gasteiger partial charge on any atom is -0.393 e. The molecule has 0 unspecified atom stereocenters. The molecule has 11 heavy (non-hydrogen) atoms. The summed E-state index contributed by atoms with van der Waals surface area (Å²) in [5.41, 5.74) is 0.103. The minimum absolute atomic E-state index is 0.0445. The average molecular weight is 158 g/mol. The molecule has 0 aliphatic heterocycles. The Hall–Kier alpha value is -0.0800. The van der Waals surface area contributed by atoms with Gasteiger partial charge in [-0.1, -0.05) is 20.8 Å². The molecule has 1 saturated carbocycles. The molecule has 2 heteroatoms. The SMILES string of the molecule is CC1[C@@H](O)CC(C)(C)C[C@@H]1O. The maximum absolute atomic E-state index is 9.52. The number of aliphatic hydroxyl groups is 2. The summed E-state index contributed by atoms with van der Waals surface area (Å²) in [6.45, 7) is 6.08. The first-order valence-corrected chi connectivity index (χ1v) is 4.28. The van der Waals surface area contributed by atoms with Crippen molar-refractivity contribution in [3.05, 3.63) is 0 Å². The van der Waals surface area contributed by atoms with Crippen molar-refractivity contribution >= 4 is 0 Å². The highest BCUT2D eigenvalue weighted by atomic mass is 16.3. The second-order valence-corrected chi connectivity index (χ2v) is 4.57. The molecule has 1 fully saturated rings. The predicted molar refractivity (Wildman–Crippen MR) is 44.2 cm³/mol. The molecule has 1 rings (SSSR count). The van der Waals surface area contributed by atoms with Crippen LogP contribution < -0.4 is 0 Å². The van der Waals surface area contributed by atoms with Gasteiger partial charge in [0.15, 0.2) is 0 Å². The van der Waals surface area contributed by atoms with Crippen LogP contribution in [0.3, 0.4) is 0 Å². The van der Waals surface area contributed by atoms with Gasteiger partial charge in [0.1, 0.15) is 0 Å². The van der Waals surface area contributed by atoms with Gasteiger partial charge >= 0.3 is 0 Å². The second-order valence-electron chi connectivity index (χ2n) is 4.57. The Morgan fingerprint density at radius 2 is 1.45 bits per heavy atom. The Morgan fingerprint density at radius 3 is 1.82 bits per heavy atom. The highest BCUT2D eigenvalue weighted by molar-refractivity contribution is 4.88. The highest BCUT2D eigenvalue weighted by Gasteiger charge is 2.37. The van der Waals surface area contributed by atoms with Crippen LogP contribution in [0.2, 0.25) is 0 Å². The van der Waals surface area contributed by atoms with Crippen molar-refractivity contribution in [2.45, 2.75) is 45.8 Å². The van der Waals surface area contributed by atoms with E-state index in [1.54, 1.807) is 0 Å². The van der Waals surface area contributed by atoms with Gasteiger partial charge in [0.2, 0.25) is 0 Å². The lowest BCUT2D eigenvalue weighted by molar-refractivity contribution is -0.0606. The van der Waals surface area contributed by atoms with Gasteiger partial charge in [0, 0.05) is 5.92 Å². The summed E-state index contributed by atoms with van der Waals surface area (Å²) < 4.78 is 0. The Kier molecular flexibility index (Phi) is 2.26. The van der Waals surface area contributed by atoms with Gasteiger partial charge < -0.3 is 10.2 Å². The third-order valence-corrected chi connectivity index (χ3v) is 2.74. The average Bonchev–Trinajstić information content (AvgIpc) is 1.81. The zero-order valence-electron chi connectivity index (χ0n) is 7.54. The zero-order valence-corrected chi connectivity index (χ0v) is 7.54. The van der Waals surface area contributed by atoms with Gasteiger partial charge in [0.05, 0.1) is 12.2 Å². The van der Waals surface area contributed by atoms with E-state index in [0.29, 0.717) is 0 Å². The van der Waals surface area contributed by atoms with Gasteiger partial charge in [-0.25, -0.2) is 0 Å². The van der Waals surface area contributed by atoms with Gasteiger partial charge in [-0.3, -0.25) is 0 Å². The van der Waals surface area contributed by atoms with E-state index in [9.17, 15) is 10.2 Å². The number of rotatable bonds is 0. The van der Waals surface area contributed by atoms with E-state index >= 15 is 0 Å². The van der Waals surface area contributed by atoms with Crippen LogP contribution >= 0.6 is 0 Å². The van der Waals surface area contributed by atoms with E-state index in [2.05, 4.69) is 13.8 Å². The maximum Gasteiger partial charge on any atom is 0.0595 e. The number of aliphatic hydroxyl groups excluding tert-OH is 2. The summed E-state index contributed by atoms with van der Waals surface area (Å²) in [7, 11) is 0. The van der Waals surface area contributed by atoms with E-state index in [1.807, 2.05) is 6.92 Å². The Morgan fingerprint density at radius 1 is 1.09 bits per heavy atom. The maximum atomic E-state index is 9.52. The van der Waals surface area contributed by atoms with Crippen LogP contribution in [0.15, 0.2) is 0 Å². The van der Waals surface area contributed by atoms with Crippen molar-refractivity contribution in [2.75, 3.05) is 0 Å². The third kappa shape index (κ3) is 1.94. The lowest BCUT2D eigenvalue weighted by atomic mass is 9.70. The van der Waals surface area contributed by atoms with Crippen LogP contribution in [0.4, 0.5) is 0 Å². The van der Waals surface area contributed by atoms with Crippen LogP contribution in [0, 0.1) is 11.3 Å². The molecule has 1 aliphatic carbocycles. The van der Waals surface area contributed by atoms with E-state index in [4.69, 9.17) is 0 Å². The van der Waals surface area contributed by atoms with Crippen molar-refractivity contribution < 1.29 is 10.2 Å². The summed E-state index contributed by atoms with van der Waals surface area (Å²) in [5, 5.41) is 19.0. The van der Waals surface area contributed by atoms with Crippen molar-refractivity contribution in [3.8, 4) is 0 Å². The molecule has 0 aromatic carbocycles. The summed E-state index contributed by atoms with van der Waals surface area (Å²) in [5.74, 6) is 0.0445. The lowest BCUT2D eigenvalue weighted by Crippen LogP contribution is -2.41. The summed E-state index contributed by atoms with van der Waals surface area (Å²) in [6.07, 6.45) is 0.971. The quantitative estimate of drug-likeness (QED) is 0.555. The van der Waals surface area contributed by atoms with E-state index in [0.717, 1.165) is 12.8 Å². The highest BCUT2D eigenvalue weighted by Crippen LogP contribution is 2.38. The molecule has 1 aliphatic rings. The largest absolute Gasteiger partial charge is 0.393 e. The molecule has 66 valence electrons. The second kappa shape index (κ2) is 2.76. The van der Waals surface area contributed by atoms with Crippen molar-refractivity contribution in [2.24, 2.45) is 11.3 Å². The molecule has 0 saturated heterocycles. The summed E-state index contributed by atoms with van der Waals surface area (Å²) >= 11 is 0. The van der Waals surface area contributed by atoms with Gasteiger partial charge in [-0.2, -0.15) is 0 Å². The van der Waals surface area contributed by atoms with E-state index < -0.39 is 0 Å². The first-order chi connectivity index (χ1) is 4.92. The van der Waals surface area contributed by atoms with E-state index in [-0.39, 0.29) is 23.5 Å². The molecule has 0 aromatic heterocycles. The zero-order chi connectivity index (χ0) is 8.65. The fourth-order valence-corrected chi connectivity index (χ4v) is 1.84. The minimum atomic E-state index is -0.325. The molecule has 2 atom stereocenters. The molecular weight excluding hydrogens is 140 g/mol. The van der Waals surface area contributed by atoms with Crippen LogP contribution in [0.1, 0.15) is 33.6 Å². The smallest absolute Gasteiger partial charge is 0.0595 e. The summed E-state index contributed by atoms with van der Waals surface area (Å²) in [4.78, 5) is 0. The van der Waals surface area contributed by atoms with Crippen molar-refractivity contribution in [1.82, 2.24) is 0 Å². The first-order valence-electron chi connectivity index (χ1n) is 4.28.